The fraction of sp³-hybridized carbons (Fsp3) is 0.516. The lowest BCUT2D eigenvalue weighted by Crippen LogP contribution is -2.34. The van der Waals surface area contributed by atoms with Crippen LogP contribution in [-0.2, 0) is 24.8 Å². The van der Waals surface area contributed by atoms with Gasteiger partial charge in [0.05, 0.1) is 23.2 Å². The first-order valence-corrected chi connectivity index (χ1v) is 13.9. The van der Waals surface area contributed by atoms with Crippen molar-refractivity contribution in [1.29, 1.82) is 0 Å². The molecule has 6 nitrogen and oxygen atoms in total. The first-order chi connectivity index (χ1) is 17.8. The Morgan fingerprint density at radius 3 is 2.55 bits per heavy atom. The number of nitrogens with zero attached hydrogens (tertiary/aromatic N) is 2. The van der Waals surface area contributed by atoms with Gasteiger partial charge in [0.2, 0.25) is 5.91 Å². The molecule has 1 aliphatic rings. The second-order valence-corrected chi connectivity index (χ2v) is 12.7. The number of amides is 1. The number of rotatable bonds is 10. The highest BCUT2D eigenvalue weighted by Crippen LogP contribution is 2.54. The molecule has 3 aromatic rings. The summed E-state index contributed by atoms with van der Waals surface area (Å²) in [5.74, 6) is 2.18. The Morgan fingerprint density at radius 2 is 1.92 bits per heavy atom. The molecule has 1 heterocycles. The molecule has 1 amide bonds. The number of ketones is 1. The maximum atomic E-state index is 13.2. The zero-order valence-corrected chi connectivity index (χ0v) is 24.5. The van der Waals surface area contributed by atoms with Crippen molar-refractivity contribution in [2.24, 2.45) is 23.8 Å². The molecule has 1 atom stereocenters. The number of Topliss-reactive ketones (excluding diaryl/α,β-unsaturated/α-hetero) is 1. The summed E-state index contributed by atoms with van der Waals surface area (Å²) in [4.78, 5) is 30.4. The van der Waals surface area contributed by atoms with Gasteiger partial charge in [-0.3, -0.25) is 9.59 Å². The van der Waals surface area contributed by atoms with Gasteiger partial charge in [0.1, 0.15) is 11.6 Å². The van der Waals surface area contributed by atoms with Crippen LogP contribution in [0.4, 0.5) is 0 Å². The number of nitrogens with one attached hydrogen (secondary N) is 1. The van der Waals surface area contributed by atoms with Crippen molar-refractivity contribution in [3.05, 3.63) is 57.9 Å². The van der Waals surface area contributed by atoms with Crippen LogP contribution in [0.3, 0.4) is 0 Å². The average Bonchev–Trinajstić information content (AvgIpc) is 3.36. The first kappa shape index (κ1) is 28.2. The Labute approximate surface area is 231 Å². The molecule has 1 saturated carbocycles. The summed E-state index contributed by atoms with van der Waals surface area (Å²) in [5.41, 5.74) is 4.11. The maximum absolute atomic E-state index is 13.2. The lowest BCUT2D eigenvalue weighted by Gasteiger charge is -2.18. The van der Waals surface area contributed by atoms with E-state index in [1.807, 2.05) is 69.6 Å². The van der Waals surface area contributed by atoms with Crippen LogP contribution in [0, 0.1) is 16.7 Å². The minimum absolute atomic E-state index is 0.000600. The largest absolute Gasteiger partial charge is 0.493 e. The molecule has 204 valence electrons. The Morgan fingerprint density at radius 1 is 1.21 bits per heavy atom. The molecule has 4 rings (SSSR count). The number of fused-ring (bicyclic) bond motifs is 1. The predicted octanol–water partition coefficient (Wildman–Crippen LogP) is 6.89. The second-order valence-electron chi connectivity index (χ2n) is 12.2. The summed E-state index contributed by atoms with van der Waals surface area (Å²) < 4.78 is 7.93. The lowest BCUT2D eigenvalue weighted by atomic mass is 9.95. The summed E-state index contributed by atoms with van der Waals surface area (Å²) >= 11 is 6.56. The molecule has 0 aliphatic heterocycles. The van der Waals surface area contributed by atoms with Gasteiger partial charge >= 0.3 is 0 Å². The standard InChI is InChI=1S/C31H40ClN3O3/c1-8-38-27-16-25-24(15-22(27)26(36)12-10-21-17-31(21,5)6)34-28(35(25)7)14-20-13-19(9-11-23(20)32)18-33-29(37)30(2,3)4/h9,11,13,15-16,21H,8,10,12,14,17-18H2,1-7H3,(H,33,37). The highest BCUT2D eigenvalue weighted by molar-refractivity contribution is 6.31. The van der Waals surface area contributed by atoms with Crippen LogP contribution in [0.2, 0.25) is 5.02 Å². The van der Waals surface area contributed by atoms with Crippen LogP contribution >= 0.6 is 11.6 Å². The number of carbonyl (C=O) groups excluding carboxylic acids is 2. The van der Waals surface area contributed by atoms with Crippen molar-refractivity contribution in [2.45, 2.75) is 73.8 Å². The summed E-state index contributed by atoms with van der Waals surface area (Å²) in [7, 11) is 1.97. The molecule has 7 heteroatoms. The van der Waals surface area contributed by atoms with Crippen molar-refractivity contribution in [1.82, 2.24) is 14.9 Å². The maximum Gasteiger partial charge on any atom is 0.225 e. The molecule has 38 heavy (non-hydrogen) atoms. The Bertz CT molecular complexity index is 1370. The molecular formula is C31H40ClN3O3. The first-order valence-electron chi connectivity index (χ1n) is 13.5. The van der Waals surface area contributed by atoms with Crippen LogP contribution < -0.4 is 10.1 Å². The highest BCUT2D eigenvalue weighted by atomic mass is 35.5. The Balaban J connectivity index is 1.57. The predicted molar refractivity (Wildman–Crippen MR) is 153 cm³/mol. The molecule has 1 fully saturated rings. The number of halogens is 1. The van der Waals surface area contributed by atoms with E-state index in [0.717, 1.165) is 34.4 Å². The van der Waals surface area contributed by atoms with E-state index in [2.05, 4.69) is 19.2 Å². The summed E-state index contributed by atoms with van der Waals surface area (Å²) in [6.45, 7) is 13.1. The molecule has 0 bridgehead atoms. The van der Waals surface area contributed by atoms with E-state index in [1.165, 1.54) is 6.42 Å². The molecule has 1 aliphatic carbocycles. The third-order valence-corrected chi connectivity index (χ3v) is 8.07. The van der Waals surface area contributed by atoms with Gasteiger partial charge in [-0.2, -0.15) is 0 Å². The quantitative estimate of drug-likeness (QED) is 0.286. The van der Waals surface area contributed by atoms with Crippen LogP contribution in [0.5, 0.6) is 5.75 Å². The zero-order valence-electron chi connectivity index (χ0n) is 23.7. The number of aryl methyl sites for hydroxylation is 1. The molecule has 0 spiro atoms. The summed E-state index contributed by atoms with van der Waals surface area (Å²) in [5, 5.41) is 3.64. The van der Waals surface area contributed by atoms with E-state index in [4.69, 9.17) is 21.3 Å². The molecule has 1 aromatic heterocycles. The van der Waals surface area contributed by atoms with Gasteiger partial charge in [-0.05, 0) is 54.4 Å². The molecular weight excluding hydrogens is 498 g/mol. The number of hydrogen-bond acceptors (Lipinski definition) is 4. The average molecular weight is 538 g/mol. The van der Waals surface area contributed by atoms with Crippen molar-refractivity contribution in [3.63, 3.8) is 0 Å². The van der Waals surface area contributed by atoms with E-state index in [-0.39, 0.29) is 11.7 Å². The van der Waals surface area contributed by atoms with Gasteiger partial charge in [-0.25, -0.2) is 4.98 Å². The second kappa shape index (κ2) is 10.7. The normalized spacial score (nSPS) is 16.5. The van der Waals surface area contributed by atoms with E-state index in [1.54, 1.807) is 0 Å². The summed E-state index contributed by atoms with van der Waals surface area (Å²) in [6, 6.07) is 9.63. The van der Waals surface area contributed by atoms with Gasteiger partial charge in [-0.15, -0.1) is 0 Å². The number of aromatic nitrogens is 2. The molecule has 1 unspecified atom stereocenters. The number of hydrogen-bond donors (Lipinski definition) is 1. The number of carbonyl (C=O) groups is 2. The van der Waals surface area contributed by atoms with Crippen LogP contribution in [-0.4, -0.2) is 27.8 Å². The molecule has 2 aromatic carbocycles. The van der Waals surface area contributed by atoms with Gasteiger partial charge in [0, 0.05) is 42.9 Å². The Kier molecular flexibility index (Phi) is 7.94. The SMILES string of the molecule is CCOc1cc2c(cc1C(=O)CCC1CC1(C)C)nc(Cc1cc(CNC(=O)C(C)(C)C)ccc1Cl)n2C. The Hall–Kier alpha value is -2.86. The molecule has 0 radical (unpaired) electrons. The fourth-order valence-electron chi connectivity index (χ4n) is 4.92. The minimum Gasteiger partial charge on any atom is -0.493 e. The van der Waals surface area contributed by atoms with Gasteiger partial charge < -0.3 is 14.6 Å². The van der Waals surface area contributed by atoms with Gasteiger partial charge in [-0.1, -0.05) is 58.4 Å². The van der Waals surface area contributed by atoms with Crippen molar-refractivity contribution in [2.75, 3.05) is 6.61 Å². The summed E-state index contributed by atoms with van der Waals surface area (Å²) in [6.07, 6.45) is 3.14. The van der Waals surface area contributed by atoms with Crippen molar-refractivity contribution >= 4 is 34.3 Å². The third kappa shape index (κ3) is 6.23. The fourth-order valence-corrected chi connectivity index (χ4v) is 5.10. The van der Waals surface area contributed by atoms with Crippen LogP contribution in [0.15, 0.2) is 30.3 Å². The van der Waals surface area contributed by atoms with E-state index < -0.39 is 5.41 Å². The smallest absolute Gasteiger partial charge is 0.225 e. The number of benzene rings is 2. The van der Waals surface area contributed by atoms with E-state index in [9.17, 15) is 9.59 Å². The zero-order chi connectivity index (χ0) is 27.8. The lowest BCUT2D eigenvalue weighted by molar-refractivity contribution is -0.128. The van der Waals surface area contributed by atoms with Crippen molar-refractivity contribution < 1.29 is 14.3 Å². The molecule has 1 N–H and O–H groups in total. The van der Waals surface area contributed by atoms with Gasteiger partial charge in [0.15, 0.2) is 5.78 Å². The van der Waals surface area contributed by atoms with Crippen molar-refractivity contribution in [3.8, 4) is 5.75 Å². The van der Waals surface area contributed by atoms with E-state index >= 15 is 0 Å². The monoisotopic (exact) mass is 537 g/mol. The number of imidazole rings is 1. The molecule has 0 saturated heterocycles. The van der Waals surface area contributed by atoms with Crippen LogP contribution in [0.1, 0.15) is 88.1 Å². The van der Waals surface area contributed by atoms with Crippen LogP contribution in [0.25, 0.3) is 11.0 Å². The highest BCUT2D eigenvalue weighted by Gasteiger charge is 2.44. The van der Waals surface area contributed by atoms with Gasteiger partial charge in [0.25, 0.3) is 0 Å². The topological polar surface area (TPSA) is 73.2 Å². The van der Waals surface area contributed by atoms with E-state index in [0.29, 0.717) is 53.7 Å². The minimum atomic E-state index is -0.447. The number of ether oxygens (including phenoxy) is 1. The third-order valence-electron chi connectivity index (χ3n) is 7.71.